The molecule has 0 aliphatic heterocycles. The molecule has 0 amide bonds. The van der Waals surface area contributed by atoms with Crippen molar-refractivity contribution in [3.05, 3.63) is 5.41 Å². The summed E-state index contributed by atoms with van der Waals surface area (Å²) >= 11 is 5.24. The average molecular weight is 252 g/mol. The van der Waals surface area contributed by atoms with Gasteiger partial charge < -0.3 is 20.3 Å². The average Bonchev–Trinajstić information content (AvgIpc) is 1.85. The Labute approximate surface area is 165 Å². The van der Waals surface area contributed by atoms with Gasteiger partial charge in [-0.3, -0.25) is 0 Å². The molecule has 0 heterocycles. The second-order valence-corrected chi connectivity index (χ2v) is 2.75. The number of thiocarbonyl (C=S) groups is 1. The van der Waals surface area contributed by atoms with Gasteiger partial charge >= 0.3 is 103 Å². The van der Waals surface area contributed by atoms with Gasteiger partial charge in [-0.15, -0.1) is 17.8 Å². The summed E-state index contributed by atoms with van der Waals surface area (Å²) in [6.45, 7) is 0. The zero-order chi connectivity index (χ0) is 7.98. The monoisotopic (exact) mass is 252 g/mol. The van der Waals surface area contributed by atoms with Gasteiger partial charge in [-0.25, -0.2) is 0 Å². The van der Waals surface area contributed by atoms with E-state index in [2.05, 4.69) is 17.2 Å². The minimum Gasteiger partial charge on any atom is -0.549 e. The predicted octanol–water partition coefficient (Wildman–Crippen LogP) is -6.49. The number of hydrogen-bond acceptors (Lipinski definition) is 4. The van der Waals surface area contributed by atoms with E-state index >= 15 is 0 Å². The molecule has 0 rings (SSSR count). The van der Waals surface area contributed by atoms with Gasteiger partial charge in [-0.05, 0) is 0 Å². The molecule has 0 aromatic rings. The van der Waals surface area contributed by atoms with E-state index in [1.165, 1.54) is 6.01 Å². The van der Waals surface area contributed by atoms with E-state index in [9.17, 15) is 9.90 Å². The topological polar surface area (TPSA) is 74.8 Å². The molecule has 0 N–H and O–H groups in total. The van der Waals surface area contributed by atoms with Crippen molar-refractivity contribution in [2.45, 2.75) is 0 Å². The second-order valence-electron chi connectivity index (χ2n) is 1.14. The van der Waals surface area contributed by atoms with E-state index in [0.29, 0.717) is 0 Å². The number of carbonyl (C=O) groups is 1. The Morgan fingerprint density at radius 2 is 2.17 bits per heavy atom. The molecule has 0 atom stereocenters. The van der Waals surface area contributed by atoms with Gasteiger partial charge in [0, 0.05) is 5.75 Å². The zero-order valence-corrected chi connectivity index (χ0v) is 14.6. The molecule has 8 heteroatoms. The van der Waals surface area contributed by atoms with Crippen LogP contribution in [0.3, 0.4) is 0 Å². The van der Waals surface area contributed by atoms with Crippen molar-refractivity contribution in [2.24, 2.45) is 4.99 Å². The standard InChI is InChI=1S/C4H3N2O2S2.2K/c5-2-6-4(9)10-1-3(7)8;;/h1H2,(H,7,8);;/q-1;2*+1/p-1. The van der Waals surface area contributed by atoms with Crippen molar-refractivity contribution in [1.82, 2.24) is 0 Å². The number of hydrogen-bond donors (Lipinski definition) is 0. The van der Waals surface area contributed by atoms with Crippen LogP contribution in [0.15, 0.2) is 4.99 Å². The summed E-state index contributed by atoms with van der Waals surface area (Å²) in [7, 11) is 0. The van der Waals surface area contributed by atoms with Crippen molar-refractivity contribution in [3.63, 3.8) is 0 Å². The van der Waals surface area contributed by atoms with Crippen LogP contribution in [0.2, 0.25) is 0 Å². The first-order valence-corrected chi connectivity index (χ1v) is 3.52. The molecular formula is C4H2K2N2O2S2. The van der Waals surface area contributed by atoms with Crippen LogP contribution in [0, 0.1) is 0 Å². The number of carboxylic acid groups (broad SMARTS) is 1. The van der Waals surface area contributed by atoms with E-state index in [4.69, 9.17) is 5.41 Å². The Bertz CT molecular complexity index is 205. The maximum Gasteiger partial charge on any atom is 1.00 e. The fourth-order valence-electron chi connectivity index (χ4n) is 0.194. The third kappa shape index (κ3) is 15.1. The van der Waals surface area contributed by atoms with Gasteiger partial charge in [-0.1, -0.05) is 12.2 Å². The predicted molar refractivity (Wildman–Crippen MR) is 40.9 cm³/mol. The van der Waals surface area contributed by atoms with E-state index in [1.54, 1.807) is 0 Å². The minimum absolute atomic E-state index is 0. The molecule has 0 aromatic heterocycles. The van der Waals surface area contributed by atoms with Crippen LogP contribution in [-0.2, 0) is 4.79 Å². The molecule has 4 nitrogen and oxygen atoms in total. The van der Waals surface area contributed by atoms with Gasteiger partial charge in [0.2, 0.25) is 0 Å². The molecule has 0 bridgehead atoms. The number of aliphatic carboxylic acids is 1. The maximum atomic E-state index is 9.79. The maximum absolute atomic E-state index is 9.79. The van der Waals surface area contributed by atoms with E-state index in [0.717, 1.165) is 11.8 Å². The van der Waals surface area contributed by atoms with Crippen molar-refractivity contribution < 1.29 is 113 Å². The quantitative estimate of drug-likeness (QED) is 0.278. The number of aliphatic imine (C=N–C) groups is 1. The number of nitrogens with zero attached hydrogens (tertiary/aromatic N) is 2. The Kier molecular flexibility index (Phi) is 22.6. The Balaban J connectivity index is -0.000000405. The van der Waals surface area contributed by atoms with Crippen LogP contribution < -0.4 is 108 Å². The van der Waals surface area contributed by atoms with Crippen molar-refractivity contribution in [3.8, 4) is 0 Å². The Morgan fingerprint density at radius 1 is 1.67 bits per heavy atom. The molecule has 0 spiro atoms. The van der Waals surface area contributed by atoms with Gasteiger partial charge in [0.05, 0.1) is 10.3 Å². The Morgan fingerprint density at radius 3 is 2.50 bits per heavy atom. The largest absolute Gasteiger partial charge is 1.00 e. The molecule has 0 aromatic carbocycles. The summed E-state index contributed by atoms with van der Waals surface area (Å²) in [5, 5.41) is 17.7. The first-order chi connectivity index (χ1) is 4.66. The molecule has 0 fully saturated rings. The third-order valence-electron chi connectivity index (χ3n) is 0.455. The van der Waals surface area contributed by atoms with Crippen molar-refractivity contribution in [2.75, 3.05) is 5.75 Å². The molecule has 0 saturated carbocycles. The summed E-state index contributed by atoms with van der Waals surface area (Å²) < 4.78 is 0.0201. The summed E-state index contributed by atoms with van der Waals surface area (Å²) in [6.07, 6.45) is 0. The number of carbonyl (C=O) groups excluding carboxylic acids is 1. The van der Waals surface area contributed by atoms with Gasteiger partial charge in [0.15, 0.2) is 0 Å². The molecule has 0 aliphatic carbocycles. The van der Waals surface area contributed by atoms with E-state index < -0.39 is 5.97 Å². The van der Waals surface area contributed by atoms with Crippen LogP contribution in [0.5, 0.6) is 0 Å². The van der Waals surface area contributed by atoms with Crippen LogP contribution in [0.25, 0.3) is 5.41 Å². The summed E-state index contributed by atoms with van der Waals surface area (Å²) in [5.74, 6) is -1.48. The van der Waals surface area contributed by atoms with Crippen molar-refractivity contribution in [1.29, 1.82) is 0 Å². The third-order valence-corrected chi connectivity index (χ3v) is 1.62. The normalized spacial score (nSPS) is 6.67. The zero-order valence-electron chi connectivity index (χ0n) is 6.73. The van der Waals surface area contributed by atoms with E-state index in [-0.39, 0.29) is 113 Å². The molecule has 0 radical (unpaired) electrons. The molecule has 54 valence electrons. The van der Waals surface area contributed by atoms with E-state index in [1.807, 2.05) is 0 Å². The fourth-order valence-corrected chi connectivity index (χ4v) is 0.758. The van der Waals surface area contributed by atoms with Crippen molar-refractivity contribution >= 4 is 40.3 Å². The molecule has 0 aliphatic rings. The summed E-state index contributed by atoms with van der Waals surface area (Å²) in [5.41, 5.74) is 0. The van der Waals surface area contributed by atoms with Crippen LogP contribution in [-0.4, -0.2) is 22.1 Å². The smallest absolute Gasteiger partial charge is 0.549 e. The number of rotatable bonds is 2. The van der Waals surface area contributed by atoms with Gasteiger partial charge in [0.25, 0.3) is 0 Å². The molecule has 0 unspecified atom stereocenters. The summed E-state index contributed by atoms with van der Waals surface area (Å²) in [4.78, 5) is 12.9. The first-order valence-electron chi connectivity index (χ1n) is 2.13. The Hall–Kier alpha value is 2.56. The fraction of sp³-hybridized carbons (Fsp3) is 0.250. The van der Waals surface area contributed by atoms with Gasteiger partial charge in [-0.2, -0.15) is 0 Å². The summed E-state index contributed by atoms with van der Waals surface area (Å²) in [6, 6.07) is 1.44. The van der Waals surface area contributed by atoms with Crippen LogP contribution >= 0.6 is 24.0 Å². The van der Waals surface area contributed by atoms with Crippen LogP contribution in [0.4, 0.5) is 0 Å². The number of thioether (sulfide) groups is 1. The first kappa shape index (κ1) is 20.0. The van der Waals surface area contributed by atoms with Gasteiger partial charge in [0.1, 0.15) is 0 Å². The molecular weight excluding hydrogens is 250 g/mol. The SMILES string of the molecule is [K+].[K+].[N-]=C=NC(=S)SCC(=O)[O-]. The molecule has 12 heavy (non-hydrogen) atoms. The second kappa shape index (κ2) is 13.6. The minimum atomic E-state index is -1.22. The number of carboxylic acids is 1. The molecule has 0 saturated heterocycles. The van der Waals surface area contributed by atoms with Crippen LogP contribution in [0.1, 0.15) is 0 Å².